The van der Waals surface area contributed by atoms with Crippen molar-refractivity contribution in [2.75, 3.05) is 13.7 Å². The molecule has 1 aromatic carbocycles. The van der Waals surface area contributed by atoms with Gasteiger partial charge >= 0.3 is 0 Å². The first-order valence-electron chi connectivity index (χ1n) is 6.32. The molecule has 0 aliphatic carbocycles. The zero-order valence-corrected chi connectivity index (χ0v) is 11.3. The first kappa shape index (κ1) is 14.5. The summed E-state index contributed by atoms with van der Waals surface area (Å²) in [6.45, 7) is 5.28. The number of nitrogens with one attached hydrogen (secondary N) is 2. The number of carbonyl (C=O) groups is 1. The van der Waals surface area contributed by atoms with Gasteiger partial charge in [0, 0.05) is 12.1 Å². The summed E-state index contributed by atoms with van der Waals surface area (Å²) in [6, 6.07) is 7.52. The van der Waals surface area contributed by atoms with Crippen LogP contribution in [0.1, 0.15) is 25.8 Å². The Labute approximate surface area is 109 Å². The molecule has 0 fully saturated rings. The van der Waals surface area contributed by atoms with Crippen molar-refractivity contribution in [1.29, 1.82) is 0 Å². The van der Waals surface area contributed by atoms with Crippen LogP contribution in [0.3, 0.4) is 0 Å². The highest BCUT2D eigenvalue weighted by Gasteiger charge is 2.11. The van der Waals surface area contributed by atoms with Gasteiger partial charge < -0.3 is 15.4 Å². The first-order chi connectivity index (χ1) is 8.69. The summed E-state index contributed by atoms with van der Waals surface area (Å²) in [5, 5.41) is 6.05. The van der Waals surface area contributed by atoms with Crippen LogP contribution in [0, 0.1) is 0 Å². The van der Waals surface area contributed by atoms with Crippen LogP contribution in [0.4, 0.5) is 0 Å². The van der Waals surface area contributed by atoms with Crippen LogP contribution in [0.2, 0.25) is 0 Å². The molecule has 0 saturated heterocycles. The second kappa shape index (κ2) is 7.71. The molecule has 0 bridgehead atoms. The summed E-state index contributed by atoms with van der Waals surface area (Å²) in [7, 11) is 1.63. The van der Waals surface area contributed by atoms with E-state index in [4.69, 9.17) is 4.74 Å². The molecule has 0 saturated carbocycles. The molecule has 100 valence electrons. The lowest BCUT2D eigenvalue weighted by molar-refractivity contribution is -0.122. The lowest BCUT2D eigenvalue weighted by Crippen LogP contribution is -2.42. The van der Waals surface area contributed by atoms with E-state index in [2.05, 4.69) is 17.6 Å². The molecule has 1 rings (SSSR count). The molecule has 1 aromatic rings. The maximum Gasteiger partial charge on any atom is 0.237 e. The fourth-order valence-corrected chi connectivity index (χ4v) is 1.64. The van der Waals surface area contributed by atoms with Crippen molar-refractivity contribution in [1.82, 2.24) is 10.6 Å². The van der Waals surface area contributed by atoms with Crippen molar-refractivity contribution in [2.45, 2.75) is 32.9 Å². The second-order valence-electron chi connectivity index (χ2n) is 4.21. The van der Waals surface area contributed by atoms with E-state index in [1.807, 2.05) is 31.2 Å². The molecule has 18 heavy (non-hydrogen) atoms. The van der Waals surface area contributed by atoms with E-state index >= 15 is 0 Å². The van der Waals surface area contributed by atoms with Gasteiger partial charge in [0.05, 0.1) is 13.2 Å². The van der Waals surface area contributed by atoms with Gasteiger partial charge in [0.15, 0.2) is 0 Å². The van der Waals surface area contributed by atoms with E-state index < -0.39 is 0 Å². The Kier molecular flexibility index (Phi) is 6.22. The fraction of sp³-hybridized carbons (Fsp3) is 0.500. The highest BCUT2D eigenvalue weighted by Crippen LogP contribution is 2.16. The molecule has 0 spiro atoms. The van der Waals surface area contributed by atoms with Crippen molar-refractivity contribution in [3.63, 3.8) is 0 Å². The molecule has 0 aliphatic rings. The highest BCUT2D eigenvalue weighted by atomic mass is 16.5. The number of benzene rings is 1. The van der Waals surface area contributed by atoms with Gasteiger partial charge in [0.25, 0.3) is 0 Å². The molecule has 1 amide bonds. The minimum atomic E-state index is -0.167. The van der Waals surface area contributed by atoms with E-state index in [1.54, 1.807) is 7.11 Å². The van der Waals surface area contributed by atoms with E-state index in [9.17, 15) is 4.79 Å². The summed E-state index contributed by atoms with van der Waals surface area (Å²) in [6.07, 6.45) is 1.02. The third-order valence-electron chi connectivity index (χ3n) is 2.74. The number of hydrogen-bond donors (Lipinski definition) is 2. The Morgan fingerprint density at radius 2 is 2.11 bits per heavy atom. The third kappa shape index (κ3) is 4.37. The normalized spacial score (nSPS) is 11.9. The highest BCUT2D eigenvalue weighted by molar-refractivity contribution is 5.81. The van der Waals surface area contributed by atoms with Gasteiger partial charge in [-0.05, 0) is 26.0 Å². The molecule has 0 aliphatic heterocycles. The number of ether oxygens (including phenoxy) is 1. The Hall–Kier alpha value is -1.55. The quantitative estimate of drug-likeness (QED) is 0.774. The Bertz CT molecular complexity index is 380. The summed E-state index contributed by atoms with van der Waals surface area (Å²) < 4.78 is 5.24. The summed E-state index contributed by atoms with van der Waals surface area (Å²) in [4.78, 5) is 11.8. The molecule has 1 unspecified atom stereocenters. The Morgan fingerprint density at radius 3 is 2.78 bits per heavy atom. The zero-order chi connectivity index (χ0) is 13.4. The van der Waals surface area contributed by atoms with E-state index in [0.29, 0.717) is 6.54 Å². The Balaban J connectivity index is 2.46. The summed E-state index contributed by atoms with van der Waals surface area (Å²) in [5.74, 6) is 0.807. The number of amides is 1. The van der Waals surface area contributed by atoms with Gasteiger partial charge in [-0.3, -0.25) is 4.79 Å². The number of carbonyl (C=O) groups excluding carboxylic acids is 1. The average molecular weight is 250 g/mol. The van der Waals surface area contributed by atoms with Crippen molar-refractivity contribution < 1.29 is 9.53 Å². The van der Waals surface area contributed by atoms with Crippen LogP contribution in [0.5, 0.6) is 5.75 Å². The third-order valence-corrected chi connectivity index (χ3v) is 2.74. The SMILES string of the molecule is CCCNC(C)C(=O)NCc1ccccc1OC. The fourth-order valence-electron chi connectivity index (χ4n) is 1.64. The standard InChI is InChI=1S/C14H22N2O2/c1-4-9-15-11(2)14(17)16-10-12-7-5-6-8-13(12)18-3/h5-8,11,15H,4,9-10H2,1-3H3,(H,16,17). The van der Waals surface area contributed by atoms with Crippen LogP contribution in [-0.4, -0.2) is 25.6 Å². The number of hydrogen-bond acceptors (Lipinski definition) is 3. The van der Waals surface area contributed by atoms with Crippen LogP contribution < -0.4 is 15.4 Å². The van der Waals surface area contributed by atoms with Crippen LogP contribution in [-0.2, 0) is 11.3 Å². The van der Waals surface area contributed by atoms with E-state index in [-0.39, 0.29) is 11.9 Å². The van der Waals surface area contributed by atoms with Gasteiger partial charge in [0.1, 0.15) is 5.75 Å². The van der Waals surface area contributed by atoms with Crippen molar-refractivity contribution in [3.8, 4) is 5.75 Å². The number of methoxy groups -OCH3 is 1. The van der Waals surface area contributed by atoms with Gasteiger partial charge in [-0.2, -0.15) is 0 Å². The Morgan fingerprint density at radius 1 is 1.39 bits per heavy atom. The van der Waals surface area contributed by atoms with Crippen LogP contribution in [0.15, 0.2) is 24.3 Å². The topological polar surface area (TPSA) is 50.4 Å². The molecule has 2 N–H and O–H groups in total. The largest absolute Gasteiger partial charge is 0.496 e. The predicted molar refractivity (Wildman–Crippen MR) is 72.6 cm³/mol. The van der Waals surface area contributed by atoms with E-state index in [1.165, 1.54) is 0 Å². The van der Waals surface area contributed by atoms with Crippen molar-refractivity contribution >= 4 is 5.91 Å². The van der Waals surface area contributed by atoms with Crippen molar-refractivity contribution in [3.05, 3.63) is 29.8 Å². The summed E-state index contributed by atoms with van der Waals surface area (Å²) >= 11 is 0. The van der Waals surface area contributed by atoms with Crippen LogP contribution in [0.25, 0.3) is 0 Å². The molecular formula is C14H22N2O2. The lowest BCUT2D eigenvalue weighted by Gasteiger charge is -2.14. The maximum atomic E-state index is 11.8. The minimum Gasteiger partial charge on any atom is -0.496 e. The second-order valence-corrected chi connectivity index (χ2v) is 4.21. The van der Waals surface area contributed by atoms with Gasteiger partial charge in [-0.25, -0.2) is 0 Å². The van der Waals surface area contributed by atoms with Gasteiger partial charge in [0.2, 0.25) is 5.91 Å². The lowest BCUT2D eigenvalue weighted by atomic mass is 10.2. The van der Waals surface area contributed by atoms with Gasteiger partial charge in [-0.15, -0.1) is 0 Å². The first-order valence-corrected chi connectivity index (χ1v) is 6.32. The maximum absolute atomic E-state index is 11.8. The molecule has 4 nitrogen and oxygen atoms in total. The monoisotopic (exact) mass is 250 g/mol. The smallest absolute Gasteiger partial charge is 0.237 e. The van der Waals surface area contributed by atoms with E-state index in [0.717, 1.165) is 24.3 Å². The number of para-hydroxylation sites is 1. The molecule has 4 heteroatoms. The molecule has 1 atom stereocenters. The molecular weight excluding hydrogens is 228 g/mol. The molecule has 0 heterocycles. The minimum absolute atomic E-state index is 0.00866. The molecule has 0 radical (unpaired) electrons. The summed E-state index contributed by atoms with van der Waals surface area (Å²) in [5.41, 5.74) is 0.982. The number of rotatable bonds is 7. The van der Waals surface area contributed by atoms with Crippen LogP contribution >= 0.6 is 0 Å². The zero-order valence-electron chi connectivity index (χ0n) is 11.3. The van der Waals surface area contributed by atoms with Crippen molar-refractivity contribution in [2.24, 2.45) is 0 Å². The van der Waals surface area contributed by atoms with Gasteiger partial charge in [-0.1, -0.05) is 25.1 Å². The molecule has 0 aromatic heterocycles. The predicted octanol–water partition coefficient (Wildman–Crippen LogP) is 1.70. The average Bonchev–Trinajstić information content (AvgIpc) is 2.42.